The Balaban J connectivity index is 1.65. The van der Waals surface area contributed by atoms with Crippen molar-refractivity contribution in [2.24, 2.45) is 0 Å². The Labute approximate surface area is 119 Å². The number of nitrogens with zero attached hydrogens (tertiary/aromatic N) is 1. The van der Waals surface area contributed by atoms with E-state index < -0.39 is 5.97 Å². The number of hydrogen-bond acceptors (Lipinski definition) is 5. The fourth-order valence-electron chi connectivity index (χ4n) is 1.46. The maximum Gasteiger partial charge on any atom is 0.365 e. The zero-order valence-electron chi connectivity index (χ0n) is 10.2. The molecule has 2 N–H and O–H groups in total. The van der Waals surface area contributed by atoms with Crippen LogP contribution in [-0.4, -0.2) is 28.4 Å². The lowest BCUT2D eigenvalue weighted by molar-refractivity contribution is 0.0696. The van der Waals surface area contributed by atoms with Crippen molar-refractivity contribution < 1.29 is 9.90 Å². The Hall–Kier alpha value is -1.37. The SMILES string of the molecule is O=C(O)c1nc(CNCCSc2ccccc2)cs1. The van der Waals surface area contributed by atoms with Crippen LogP contribution in [0.5, 0.6) is 0 Å². The molecule has 2 aromatic rings. The van der Waals surface area contributed by atoms with Gasteiger partial charge in [-0.3, -0.25) is 0 Å². The number of carboxylic acid groups (broad SMARTS) is 1. The number of thioether (sulfide) groups is 1. The summed E-state index contributed by atoms with van der Waals surface area (Å²) in [7, 11) is 0. The number of carbonyl (C=O) groups is 1. The maximum absolute atomic E-state index is 10.7. The van der Waals surface area contributed by atoms with Crippen molar-refractivity contribution in [3.63, 3.8) is 0 Å². The average Bonchev–Trinajstić information content (AvgIpc) is 2.89. The normalized spacial score (nSPS) is 10.5. The van der Waals surface area contributed by atoms with Gasteiger partial charge >= 0.3 is 5.97 Å². The van der Waals surface area contributed by atoms with Crippen molar-refractivity contribution >= 4 is 29.1 Å². The van der Waals surface area contributed by atoms with E-state index in [0.717, 1.165) is 29.3 Å². The first-order valence-electron chi connectivity index (χ1n) is 5.82. The van der Waals surface area contributed by atoms with Gasteiger partial charge in [-0.25, -0.2) is 9.78 Å². The standard InChI is InChI=1S/C13H14N2O2S2/c16-13(17)12-15-10(9-19-12)8-14-6-7-18-11-4-2-1-3-5-11/h1-5,9,14H,6-8H2,(H,16,17). The summed E-state index contributed by atoms with van der Waals surface area (Å²) in [5.74, 6) is 0.0100. The molecule has 0 bridgehead atoms. The largest absolute Gasteiger partial charge is 0.476 e. The van der Waals surface area contributed by atoms with Crippen LogP contribution >= 0.6 is 23.1 Å². The van der Waals surface area contributed by atoms with E-state index >= 15 is 0 Å². The lowest BCUT2D eigenvalue weighted by Gasteiger charge is -2.02. The van der Waals surface area contributed by atoms with Crippen LogP contribution in [-0.2, 0) is 6.54 Å². The predicted octanol–water partition coefficient (Wildman–Crippen LogP) is 2.72. The second kappa shape index (κ2) is 7.28. The minimum atomic E-state index is -0.962. The van der Waals surface area contributed by atoms with Crippen LogP contribution in [0.3, 0.4) is 0 Å². The van der Waals surface area contributed by atoms with Crippen LogP contribution in [0.15, 0.2) is 40.6 Å². The summed E-state index contributed by atoms with van der Waals surface area (Å²) < 4.78 is 0. The van der Waals surface area contributed by atoms with Gasteiger partial charge in [-0.2, -0.15) is 0 Å². The van der Waals surface area contributed by atoms with Gasteiger partial charge in [-0.1, -0.05) is 18.2 Å². The maximum atomic E-state index is 10.7. The molecule has 0 saturated heterocycles. The minimum absolute atomic E-state index is 0.149. The smallest absolute Gasteiger partial charge is 0.365 e. The lowest BCUT2D eigenvalue weighted by Crippen LogP contribution is -2.16. The third-order valence-electron chi connectivity index (χ3n) is 2.33. The molecule has 0 saturated carbocycles. The first-order valence-corrected chi connectivity index (χ1v) is 7.68. The predicted molar refractivity (Wildman–Crippen MR) is 77.9 cm³/mol. The summed E-state index contributed by atoms with van der Waals surface area (Å²) in [6.45, 7) is 1.47. The highest BCUT2D eigenvalue weighted by Gasteiger charge is 2.08. The summed E-state index contributed by atoms with van der Waals surface area (Å²) in [5, 5.41) is 13.9. The van der Waals surface area contributed by atoms with Gasteiger partial charge in [-0.05, 0) is 12.1 Å². The van der Waals surface area contributed by atoms with E-state index in [1.165, 1.54) is 4.90 Å². The van der Waals surface area contributed by atoms with Gasteiger partial charge in [0.15, 0.2) is 0 Å². The molecule has 0 atom stereocenters. The van der Waals surface area contributed by atoms with Gasteiger partial charge in [0, 0.05) is 29.1 Å². The van der Waals surface area contributed by atoms with Gasteiger partial charge < -0.3 is 10.4 Å². The van der Waals surface area contributed by atoms with Gasteiger partial charge in [0.05, 0.1) is 5.69 Å². The number of aromatic nitrogens is 1. The third kappa shape index (κ3) is 4.66. The number of benzene rings is 1. The molecule has 0 fully saturated rings. The third-order valence-corrected chi connectivity index (χ3v) is 4.22. The zero-order chi connectivity index (χ0) is 13.5. The van der Waals surface area contributed by atoms with Crippen molar-refractivity contribution in [2.75, 3.05) is 12.3 Å². The molecule has 0 aliphatic heterocycles. The van der Waals surface area contributed by atoms with Crippen LogP contribution < -0.4 is 5.32 Å². The quantitative estimate of drug-likeness (QED) is 0.607. The Morgan fingerprint density at radius 2 is 2.16 bits per heavy atom. The van der Waals surface area contributed by atoms with E-state index in [2.05, 4.69) is 22.4 Å². The second-order valence-electron chi connectivity index (χ2n) is 3.79. The molecule has 0 radical (unpaired) electrons. The summed E-state index contributed by atoms with van der Waals surface area (Å²) >= 11 is 2.95. The number of carboxylic acids is 1. The number of nitrogens with one attached hydrogen (secondary N) is 1. The van der Waals surface area contributed by atoms with Crippen LogP contribution in [0.2, 0.25) is 0 Å². The Bertz CT molecular complexity index is 528. The van der Waals surface area contributed by atoms with Gasteiger partial charge in [0.25, 0.3) is 0 Å². The van der Waals surface area contributed by atoms with Gasteiger partial charge in [0.2, 0.25) is 5.01 Å². The van der Waals surface area contributed by atoms with E-state index in [9.17, 15) is 4.79 Å². The van der Waals surface area contributed by atoms with E-state index in [1.54, 1.807) is 17.1 Å². The molecule has 1 aromatic carbocycles. The Kier molecular flexibility index (Phi) is 5.38. The van der Waals surface area contributed by atoms with Crippen LogP contribution in [0.1, 0.15) is 15.5 Å². The van der Waals surface area contributed by atoms with Gasteiger partial charge in [-0.15, -0.1) is 23.1 Å². The highest BCUT2D eigenvalue weighted by Crippen LogP contribution is 2.15. The van der Waals surface area contributed by atoms with Crippen LogP contribution in [0.25, 0.3) is 0 Å². The van der Waals surface area contributed by atoms with Crippen molar-refractivity contribution in [3.05, 3.63) is 46.4 Å². The molecule has 0 amide bonds. The molecule has 1 heterocycles. The average molecular weight is 294 g/mol. The topological polar surface area (TPSA) is 62.2 Å². The number of hydrogen-bond donors (Lipinski definition) is 2. The molecule has 100 valence electrons. The monoisotopic (exact) mass is 294 g/mol. The fourth-order valence-corrected chi connectivity index (χ4v) is 2.95. The number of rotatable bonds is 7. The molecular formula is C13H14N2O2S2. The molecule has 6 heteroatoms. The zero-order valence-corrected chi connectivity index (χ0v) is 11.8. The summed E-state index contributed by atoms with van der Waals surface area (Å²) in [6, 6.07) is 10.2. The highest BCUT2D eigenvalue weighted by molar-refractivity contribution is 7.99. The van der Waals surface area contributed by atoms with Crippen molar-refractivity contribution in [1.82, 2.24) is 10.3 Å². The molecule has 0 aliphatic carbocycles. The van der Waals surface area contributed by atoms with Crippen molar-refractivity contribution in [2.45, 2.75) is 11.4 Å². The number of thiazole rings is 1. The van der Waals surface area contributed by atoms with Crippen LogP contribution in [0.4, 0.5) is 0 Å². The minimum Gasteiger partial charge on any atom is -0.476 e. The van der Waals surface area contributed by atoms with Gasteiger partial charge in [0.1, 0.15) is 0 Å². The lowest BCUT2D eigenvalue weighted by atomic mass is 10.4. The highest BCUT2D eigenvalue weighted by atomic mass is 32.2. The van der Waals surface area contributed by atoms with E-state index in [4.69, 9.17) is 5.11 Å². The molecule has 4 nitrogen and oxygen atoms in total. The van der Waals surface area contributed by atoms with Crippen LogP contribution in [0, 0.1) is 0 Å². The first kappa shape index (κ1) is 14.0. The van der Waals surface area contributed by atoms with Crippen molar-refractivity contribution in [1.29, 1.82) is 0 Å². The second-order valence-corrected chi connectivity index (χ2v) is 5.81. The van der Waals surface area contributed by atoms with E-state index in [-0.39, 0.29) is 5.01 Å². The van der Waals surface area contributed by atoms with Crippen molar-refractivity contribution in [3.8, 4) is 0 Å². The molecular weight excluding hydrogens is 280 g/mol. The molecule has 2 rings (SSSR count). The van der Waals surface area contributed by atoms with E-state index in [1.807, 2.05) is 18.2 Å². The summed E-state index contributed by atoms with van der Waals surface area (Å²) in [4.78, 5) is 15.9. The summed E-state index contributed by atoms with van der Waals surface area (Å²) in [6.07, 6.45) is 0. The first-order chi connectivity index (χ1) is 9.25. The molecule has 1 aromatic heterocycles. The molecule has 0 aliphatic rings. The molecule has 19 heavy (non-hydrogen) atoms. The Morgan fingerprint density at radius 3 is 2.84 bits per heavy atom. The Morgan fingerprint density at radius 1 is 1.37 bits per heavy atom. The fraction of sp³-hybridized carbons (Fsp3) is 0.231. The van der Waals surface area contributed by atoms with E-state index in [0.29, 0.717) is 6.54 Å². The number of aromatic carboxylic acids is 1. The summed E-state index contributed by atoms with van der Waals surface area (Å²) in [5.41, 5.74) is 0.784. The molecule has 0 spiro atoms. The molecule has 0 unspecified atom stereocenters.